The van der Waals surface area contributed by atoms with Crippen molar-refractivity contribution in [2.75, 3.05) is 40.0 Å². The van der Waals surface area contributed by atoms with Gasteiger partial charge in [-0.1, -0.05) is 36.8 Å². The monoisotopic (exact) mass is 475 g/mol. The molecule has 1 aromatic rings. The number of guanidine groups is 1. The van der Waals surface area contributed by atoms with E-state index in [1.54, 1.807) is 7.11 Å². The molecular formula is C20H34IN3O2. The number of methoxy groups -OCH3 is 1. The first-order valence-electron chi connectivity index (χ1n) is 9.41. The summed E-state index contributed by atoms with van der Waals surface area (Å²) in [7, 11) is 1.77. The minimum Gasteiger partial charge on any atom is -0.385 e. The van der Waals surface area contributed by atoms with Gasteiger partial charge in [-0.15, -0.1) is 24.0 Å². The Morgan fingerprint density at radius 2 is 1.92 bits per heavy atom. The molecule has 0 bridgehead atoms. The number of nitrogens with one attached hydrogen (secondary N) is 2. The quantitative estimate of drug-likeness (QED) is 0.222. The highest BCUT2D eigenvalue weighted by molar-refractivity contribution is 14.0. The van der Waals surface area contributed by atoms with Crippen molar-refractivity contribution in [3.05, 3.63) is 35.9 Å². The normalized spacial score (nSPS) is 15.7. The van der Waals surface area contributed by atoms with E-state index in [1.165, 1.54) is 24.8 Å². The summed E-state index contributed by atoms with van der Waals surface area (Å²) in [6, 6.07) is 10.2. The van der Waals surface area contributed by atoms with Crippen molar-refractivity contribution in [1.29, 1.82) is 0 Å². The number of hydrogen-bond donors (Lipinski definition) is 2. The molecule has 5 nitrogen and oxygen atoms in total. The summed E-state index contributed by atoms with van der Waals surface area (Å²) in [6.45, 7) is 6.71. The van der Waals surface area contributed by atoms with Gasteiger partial charge < -0.3 is 20.1 Å². The summed E-state index contributed by atoms with van der Waals surface area (Å²) in [5.74, 6) is 0.884. The molecule has 2 N–H and O–H groups in total. The number of halogens is 1. The van der Waals surface area contributed by atoms with Gasteiger partial charge in [0, 0.05) is 33.4 Å². The van der Waals surface area contributed by atoms with Crippen LogP contribution in [0.3, 0.4) is 0 Å². The standard InChI is InChI=1S/C20H33N3O2.HI/c1-3-21-19(23-17-20(10-7-11-20)12-14-24-2)22-13-15-25-16-18-8-5-4-6-9-18;/h4-6,8-9H,3,7,10-17H2,1-2H3,(H2,21,22,23);1H. The van der Waals surface area contributed by atoms with E-state index in [-0.39, 0.29) is 24.0 Å². The molecule has 26 heavy (non-hydrogen) atoms. The molecule has 0 unspecified atom stereocenters. The van der Waals surface area contributed by atoms with E-state index < -0.39 is 0 Å². The van der Waals surface area contributed by atoms with E-state index in [2.05, 4.69) is 29.7 Å². The fourth-order valence-corrected chi connectivity index (χ4v) is 3.08. The van der Waals surface area contributed by atoms with Crippen LogP contribution >= 0.6 is 24.0 Å². The zero-order valence-corrected chi connectivity index (χ0v) is 18.5. The average Bonchev–Trinajstić information content (AvgIpc) is 2.61. The molecule has 0 heterocycles. The molecule has 0 amide bonds. The topological polar surface area (TPSA) is 54.9 Å². The van der Waals surface area contributed by atoms with Crippen molar-refractivity contribution in [1.82, 2.24) is 10.6 Å². The van der Waals surface area contributed by atoms with Crippen LogP contribution in [-0.4, -0.2) is 45.9 Å². The first-order valence-corrected chi connectivity index (χ1v) is 9.41. The Balaban J connectivity index is 0.00000338. The molecular weight excluding hydrogens is 441 g/mol. The minimum absolute atomic E-state index is 0. The van der Waals surface area contributed by atoms with Crippen LogP contribution in [0, 0.1) is 5.41 Å². The lowest BCUT2D eigenvalue weighted by Crippen LogP contribution is -2.41. The second-order valence-corrected chi connectivity index (χ2v) is 6.76. The fraction of sp³-hybridized carbons (Fsp3) is 0.650. The lowest BCUT2D eigenvalue weighted by atomic mass is 9.67. The average molecular weight is 475 g/mol. The lowest BCUT2D eigenvalue weighted by Gasteiger charge is -2.40. The molecule has 1 fully saturated rings. The van der Waals surface area contributed by atoms with E-state index in [0.29, 0.717) is 18.6 Å². The van der Waals surface area contributed by atoms with Crippen LogP contribution in [0.15, 0.2) is 35.3 Å². The molecule has 0 aliphatic heterocycles. The van der Waals surface area contributed by atoms with Gasteiger partial charge in [0.1, 0.15) is 0 Å². The second kappa shape index (κ2) is 13.3. The molecule has 0 saturated heterocycles. The summed E-state index contributed by atoms with van der Waals surface area (Å²) < 4.78 is 11.0. The molecule has 6 heteroatoms. The van der Waals surface area contributed by atoms with Crippen LogP contribution in [0.25, 0.3) is 0 Å². The van der Waals surface area contributed by atoms with Crippen molar-refractivity contribution < 1.29 is 9.47 Å². The van der Waals surface area contributed by atoms with Gasteiger partial charge in [-0.25, -0.2) is 0 Å². The maximum absolute atomic E-state index is 5.72. The lowest BCUT2D eigenvalue weighted by molar-refractivity contribution is 0.0778. The van der Waals surface area contributed by atoms with Crippen molar-refractivity contribution in [3.63, 3.8) is 0 Å². The molecule has 1 saturated carbocycles. The summed E-state index contributed by atoms with van der Waals surface area (Å²) >= 11 is 0. The van der Waals surface area contributed by atoms with Crippen LogP contribution in [0.1, 0.15) is 38.2 Å². The van der Waals surface area contributed by atoms with Crippen LogP contribution in [0.2, 0.25) is 0 Å². The third-order valence-corrected chi connectivity index (χ3v) is 4.82. The highest BCUT2D eigenvalue weighted by Crippen LogP contribution is 2.44. The van der Waals surface area contributed by atoms with Crippen molar-refractivity contribution in [2.24, 2.45) is 10.4 Å². The van der Waals surface area contributed by atoms with E-state index in [0.717, 1.165) is 38.6 Å². The van der Waals surface area contributed by atoms with Gasteiger partial charge in [-0.2, -0.15) is 0 Å². The SMILES string of the molecule is CCNC(=NCC1(CCOC)CCC1)NCCOCc1ccccc1.I. The van der Waals surface area contributed by atoms with Gasteiger partial charge in [0.2, 0.25) is 0 Å². The Labute approximate surface area is 175 Å². The Morgan fingerprint density at radius 3 is 2.54 bits per heavy atom. The molecule has 1 aromatic carbocycles. The zero-order valence-electron chi connectivity index (χ0n) is 16.1. The third-order valence-electron chi connectivity index (χ3n) is 4.82. The predicted octanol–water partition coefficient (Wildman–Crippen LogP) is 3.58. The maximum atomic E-state index is 5.72. The summed E-state index contributed by atoms with van der Waals surface area (Å²) in [6.07, 6.45) is 4.95. The summed E-state index contributed by atoms with van der Waals surface area (Å²) in [5, 5.41) is 6.69. The van der Waals surface area contributed by atoms with Crippen molar-refractivity contribution in [2.45, 2.75) is 39.2 Å². The molecule has 0 atom stereocenters. The molecule has 0 radical (unpaired) electrons. The molecule has 2 rings (SSSR count). The number of nitrogens with zero attached hydrogens (tertiary/aromatic N) is 1. The number of hydrogen-bond acceptors (Lipinski definition) is 3. The largest absolute Gasteiger partial charge is 0.385 e. The van der Waals surface area contributed by atoms with E-state index in [9.17, 15) is 0 Å². The Morgan fingerprint density at radius 1 is 1.15 bits per heavy atom. The van der Waals surface area contributed by atoms with E-state index in [4.69, 9.17) is 14.5 Å². The van der Waals surface area contributed by atoms with Gasteiger partial charge in [0.15, 0.2) is 5.96 Å². The summed E-state index contributed by atoms with van der Waals surface area (Å²) in [4.78, 5) is 4.80. The second-order valence-electron chi connectivity index (χ2n) is 6.76. The minimum atomic E-state index is 0. The first-order chi connectivity index (χ1) is 12.3. The van der Waals surface area contributed by atoms with Crippen LogP contribution in [-0.2, 0) is 16.1 Å². The Hall–Kier alpha value is -0.860. The first kappa shape index (κ1) is 23.2. The van der Waals surface area contributed by atoms with Gasteiger partial charge >= 0.3 is 0 Å². The van der Waals surface area contributed by atoms with Gasteiger partial charge in [-0.3, -0.25) is 4.99 Å². The number of benzene rings is 1. The van der Waals surface area contributed by atoms with Gasteiger partial charge in [0.25, 0.3) is 0 Å². The number of rotatable bonds is 11. The van der Waals surface area contributed by atoms with Crippen LogP contribution in [0.5, 0.6) is 0 Å². The van der Waals surface area contributed by atoms with Gasteiger partial charge in [-0.05, 0) is 37.2 Å². The molecule has 0 spiro atoms. The van der Waals surface area contributed by atoms with Crippen molar-refractivity contribution in [3.8, 4) is 0 Å². The predicted molar refractivity (Wildman–Crippen MR) is 118 cm³/mol. The molecule has 1 aliphatic carbocycles. The zero-order chi connectivity index (χ0) is 17.8. The maximum Gasteiger partial charge on any atom is 0.191 e. The third kappa shape index (κ3) is 8.22. The van der Waals surface area contributed by atoms with Gasteiger partial charge in [0.05, 0.1) is 13.2 Å². The molecule has 0 aromatic heterocycles. The molecule has 1 aliphatic rings. The Bertz CT molecular complexity index is 507. The number of aliphatic imine (C=N–C) groups is 1. The van der Waals surface area contributed by atoms with Crippen LogP contribution < -0.4 is 10.6 Å². The fourth-order valence-electron chi connectivity index (χ4n) is 3.08. The van der Waals surface area contributed by atoms with E-state index in [1.807, 2.05) is 18.2 Å². The van der Waals surface area contributed by atoms with Crippen molar-refractivity contribution >= 4 is 29.9 Å². The highest BCUT2D eigenvalue weighted by Gasteiger charge is 2.36. The smallest absolute Gasteiger partial charge is 0.191 e. The summed E-state index contributed by atoms with van der Waals surface area (Å²) in [5.41, 5.74) is 1.55. The van der Waals surface area contributed by atoms with E-state index >= 15 is 0 Å². The number of ether oxygens (including phenoxy) is 2. The highest BCUT2D eigenvalue weighted by atomic mass is 127. The Kier molecular flexibility index (Phi) is 11.9. The van der Waals surface area contributed by atoms with Crippen LogP contribution in [0.4, 0.5) is 0 Å². The molecule has 148 valence electrons.